The molecular formula is C33H39Cl2FN4O3Si. The van der Waals surface area contributed by atoms with E-state index in [0.717, 1.165) is 19.3 Å². The van der Waals surface area contributed by atoms with E-state index in [4.69, 9.17) is 37.7 Å². The molecule has 2 heterocycles. The number of hydrogen-bond acceptors (Lipinski definition) is 6. The van der Waals surface area contributed by atoms with E-state index in [2.05, 4.69) is 63.0 Å². The van der Waals surface area contributed by atoms with Gasteiger partial charge < -0.3 is 19.1 Å². The molecule has 0 spiro atoms. The average molecular weight is 658 g/mol. The second-order valence-electron chi connectivity index (χ2n) is 12.5. The molecule has 0 bridgehead atoms. The summed E-state index contributed by atoms with van der Waals surface area (Å²) in [7, 11) is -0.670. The molecule has 1 fully saturated rings. The van der Waals surface area contributed by atoms with Crippen LogP contribution in [0.3, 0.4) is 0 Å². The van der Waals surface area contributed by atoms with Crippen molar-refractivity contribution in [1.29, 1.82) is 0 Å². The maximum atomic E-state index is 15.9. The number of methoxy groups -OCH3 is 1. The van der Waals surface area contributed by atoms with E-state index in [1.807, 2.05) is 10.6 Å². The second-order valence-corrected chi connectivity index (χ2v) is 18.8. The van der Waals surface area contributed by atoms with Gasteiger partial charge in [-0.2, -0.15) is 4.98 Å². The highest BCUT2D eigenvalue weighted by molar-refractivity contribution is 6.90. The van der Waals surface area contributed by atoms with Gasteiger partial charge in [0.1, 0.15) is 37.1 Å². The first kappa shape index (κ1) is 32.6. The van der Waals surface area contributed by atoms with E-state index < -0.39 is 20.0 Å². The SMILES string of the molecule is COCOc1cc(C(O)c2nc3nc(Cl)nc(Cl)c3n2C2CCC2)c2c(C#C[Si](C(C)C)(C(C)C)C(C)C)c(F)ccc2c1. The second kappa shape index (κ2) is 12.9. The zero-order valence-electron chi connectivity index (χ0n) is 26.2. The van der Waals surface area contributed by atoms with Crippen molar-refractivity contribution < 1.29 is 19.0 Å². The molecule has 7 nitrogen and oxygen atoms in total. The highest BCUT2D eigenvalue weighted by atomic mass is 35.5. The summed E-state index contributed by atoms with van der Waals surface area (Å²) in [6.45, 7) is 13.3. The van der Waals surface area contributed by atoms with E-state index in [1.165, 1.54) is 13.2 Å². The normalized spacial score (nSPS) is 14.9. The highest BCUT2D eigenvalue weighted by Crippen LogP contribution is 2.43. The number of aliphatic hydroxyl groups is 1. The molecule has 5 rings (SSSR count). The monoisotopic (exact) mass is 656 g/mol. The Morgan fingerprint density at radius 3 is 2.32 bits per heavy atom. The molecule has 0 radical (unpaired) electrons. The summed E-state index contributed by atoms with van der Waals surface area (Å²) in [5.74, 6) is 3.66. The zero-order chi connectivity index (χ0) is 31.9. The van der Waals surface area contributed by atoms with Gasteiger partial charge in [-0.3, -0.25) is 0 Å². The smallest absolute Gasteiger partial charge is 0.225 e. The topological polar surface area (TPSA) is 82.3 Å². The highest BCUT2D eigenvalue weighted by Gasteiger charge is 2.42. The lowest BCUT2D eigenvalue weighted by molar-refractivity contribution is 0.0510. The minimum atomic E-state index is -2.20. The van der Waals surface area contributed by atoms with E-state index in [1.54, 1.807) is 12.1 Å². The molecule has 234 valence electrons. The molecule has 2 aromatic heterocycles. The van der Waals surface area contributed by atoms with Crippen molar-refractivity contribution in [2.24, 2.45) is 0 Å². The molecule has 0 amide bonds. The molecule has 1 unspecified atom stereocenters. The molecule has 1 atom stereocenters. The van der Waals surface area contributed by atoms with Gasteiger partial charge >= 0.3 is 0 Å². The summed E-state index contributed by atoms with van der Waals surface area (Å²) in [5, 5.41) is 13.5. The Balaban J connectivity index is 1.80. The van der Waals surface area contributed by atoms with Crippen LogP contribution in [0.15, 0.2) is 24.3 Å². The third kappa shape index (κ3) is 5.72. The van der Waals surface area contributed by atoms with Crippen molar-refractivity contribution >= 4 is 53.2 Å². The Kier molecular flexibility index (Phi) is 9.60. The fraction of sp³-hybridized carbons (Fsp3) is 0.485. The summed E-state index contributed by atoms with van der Waals surface area (Å²) in [6.07, 6.45) is 1.52. The predicted molar refractivity (Wildman–Crippen MR) is 177 cm³/mol. The van der Waals surface area contributed by atoms with E-state index in [-0.39, 0.29) is 28.8 Å². The minimum Gasteiger partial charge on any atom is -0.468 e. The van der Waals surface area contributed by atoms with Crippen LogP contribution in [-0.4, -0.2) is 46.6 Å². The van der Waals surface area contributed by atoms with E-state index >= 15 is 4.39 Å². The Hall–Kier alpha value is -2.74. The third-order valence-corrected chi connectivity index (χ3v) is 15.9. The maximum absolute atomic E-state index is 15.9. The molecule has 44 heavy (non-hydrogen) atoms. The van der Waals surface area contributed by atoms with Gasteiger partial charge in [0.15, 0.2) is 17.6 Å². The molecule has 4 aromatic rings. The van der Waals surface area contributed by atoms with Crippen molar-refractivity contribution in [3.8, 4) is 17.2 Å². The van der Waals surface area contributed by atoms with Crippen LogP contribution in [0.25, 0.3) is 21.9 Å². The van der Waals surface area contributed by atoms with Crippen molar-refractivity contribution in [3.05, 3.63) is 57.5 Å². The molecule has 11 heteroatoms. The first-order chi connectivity index (χ1) is 20.9. The Labute approximate surface area is 269 Å². The largest absolute Gasteiger partial charge is 0.468 e. The van der Waals surface area contributed by atoms with Gasteiger partial charge in [0.05, 0.1) is 5.56 Å². The Bertz CT molecular complexity index is 1740. The maximum Gasteiger partial charge on any atom is 0.225 e. The van der Waals surface area contributed by atoms with Crippen molar-refractivity contribution in [2.45, 2.75) is 89.6 Å². The van der Waals surface area contributed by atoms with E-state index in [9.17, 15) is 5.11 Å². The first-order valence-electron chi connectivity index (χ1n) is 15.1. The lowest BCUT2D eigenvalue weighted by Gasteiger charge is -2.38. The van der Waals surface area contributed by atoms with Gasteiger partial charge in [0.2, 0.25) is 5.28 Å². The number of fused-ring (bicyclic) bond motifs is 2. The quantitative estimate of drug-likeness (QED) is 0.0637. The first-order valence-corrected chi connectivity index (χ1v) is 18.1. The van der Waals surface area contributed by atoms with Crippen molar-refractivity contribution in [1.82, 2.24) is 19.5 Å². The number of aromatic nitrogens is 4. The number of ether oxygens (including phenoxy) is 2. The Morgan fingerprint density at radius 2 is 1.73 bits per heavy atom. The molecule has 2 aromatic carbocycles. The van der Waals surface area contributed by atoms with E-state index in [0.29, 0.717) is 55.7 Å². The number of halogens is 3. The van der Waals surface area contributed by atoms with Gasteiger partial charge in [0.25, 0.3) is 0 Å². The van der Waals surface area contributed by atoms with Gasteiger partial charge in [-0.1, -0.05) is 65.1 Å². The van der Waals surface area contributed by atoms with Crippen LogP contribution >= 0.6 is 23.2 Å². The van der Waals surface area contributed by atoms with Crippen molar-refractivity contribution in [3.63, 3.8) is 0 Å². The molecular weight excluding hydrogens is 618 g/mol. The van der Waals surface area contributed by atoms with Crippen LogP contribution in [-0.2, 0) is 4.74 Å². The molecule has 0 saturated heterocycles. The summed E-state index contributed by atoms with van der Waals surface area (Å²) in [4.78, 5) is 13.2. The molecule has 1 N–H and O–H groups in total. The number of nitrogens with zero attached hydrogens (tertiary/aromatic N) is 4. The zero-order valence-corrected chi connectivity index (χ0v) is 28.7. The fourth-order valence-electron chi connectivity index (χ4n) is 6.90. The summed E-state index contributed by atoms with van der Waals surface area (Å²) in [6, 6.07) is 6.67. The number of aliphatic hydroxyl groups excluding tert-OH is 1. The minimum absolute atomic E-state index is 0.00443. The van der Waals surface area contributed by atoms with Crippen LogP contribution in [0.4, 0.5) is 4.39 Å². The molecule has 1 saturated carbocycles. The van der Waals surface area contributed by atoms with Crippen molar-refractivity contribution in [2.75, 3.05) is 13.9 Å². The standard InChI is InChI=1S/C33H39Cl2FN4O3Si/c1-18(2)44(19(3)4,20(5)6)14-13-24-26(36)12-11-21-15-23(43-17-42-7)16-25(27(21)24)29(41)32-38-31-28(30(34)37-33(35)39-31)40(32)22-9-8-10-22/h11-12,15-16,18-20,22,29,41H,8-10,17H2,1-7H3. The van der Waals surface area contributed by atoms with Crippen LogP contribution < -0.4 is 4.74 Å². The summed E-state index contributed by atoms with van der Waals surface area (Å²) in [5.41, 5.74) is 6.23. The van der Waals surface area contributed by atoms with Gasteiger partial charge in [-0.05, 0) is 71.1 Å². The van der Waals surface area contributed by atoms with Crippen LogP contribution in [0.2, 0.25) is 27.1 Å². The third-order valence-electron chi connectivity index (χ3n) is 9.17. The lowest BCUT2D eigenvalue weighted by atomic mass is 9.91. The Morgan fingerprint density at radius 1 is 1.05 bits per heavy atom. The fourth-order valence-corrected chi connectivity index (χ4v) is 12.6. The number of imidazole rings is 1. The number of hydrogen-bond donors (Lipinski definition) is 1. The van der Waals surface area contributed by atoms with Gasteiger partial charge in [-0.15, -0.1) is 5.54 Å². The van der Waals surface area contributed by atoms with Gasteiger partial charge in [0, 0.05) is 24.1 Å². The molecule has 1 aliphatic carbocycles. The van der Waals surface area contributed by atoms with Crippen LogP contribution in [0.5, 0.6) is 5.75 Å². The lowest BCUT2D eigenvalue weighted by Crippen LogP contribution is -2.43. The van der Waals surface area contributed by atoms with Crippen LogP contribution in [0.1, 0.15) is 89.9 Å². The number of benzene rings is 2. The average Bonchev–Trinajstić information content (AvgIpc) is 3.29. The summed E-state index contributed by atoms with van der Waals surface area (Å²) >= 11 is 12.7. The molecule has 0 aliphatic heterocycles. The van der Waals surface area contributed by atoms with Crippen LogP contribution in [0, 0.1) is 17.3 Å². The number of rotatable bonds is 9. The molecule has 1 aliphatic rings. The summed E-state index contributed by atoms with van der Waals surface area (Å²) < 4.78 is 28.8. The van der Waals surface area contributed by atoms with Gasteiger partial charge in [-0.25, -0.2) is 14.4 Å². The predicted octanol–water partition coefficient (Wildman–Crippen LogP) is 8.78.